The van der Waals surface area contributed by atoms with Crippen LogP contribution in [0.15, 0.2) is 0 Å². The van der Waals surface area contributed by atoms with Crippen LogP contribution in [-0.4, -0.2) is 24.4 Å². The molecule has 4 heteroatoms. The Kier molecular flexibility index (Phi) is 5.43. The van der Waals surface area contributed by atoms with Gasteiger partial charge in [-0.2, -0.15) is 0 Å². The van der Waals surface area contributed by atoms with Crippen LogP contribution in [0.5, 0.6) is 0 Å². The molecule has 0 aliphatic carbocycles. The van der Waals surface area contributed by atoms with E-state index >= 15 is 0 Å². The van der Waals surface area contributed by atoms with E-state index in [4.69, 9.17) is 4.74 Å². The van der Waals surface area contributed by atoms with Crippen molar-refractivity contribution in [2.24, 2.45) is 0 Å². The number of carbonyl (C=O) groups is 1. The molecule has 1 N–H and O–H groups in total. The summed E-state index contributed by atoms with van der Waals surface area (Å²) in [6.45, 7) is 6.72. The molecule has 1 amide bonds. The highest BCUT2D eigenvalue weighted by Crippen LogP contribution is 2.20. The Bertz CT molecular complexity index is 134. The zero-order valence-corrected chi connectivity index (χ0v) is 9.12. The summed E-state index contributed by atoms with van der Waals surface area (Å²) in [6.07, 6.45) is 1.42. The summed E-state index contributed by atoms with van der Waals surface area (Å²) < 4.78 is 5.30. The SMILES string of the molecule is CC(NC=O)OCCC(C)(C)P. The Labute approximate surface area is 76.4 Å². The van der Waals surface area contributed by atoms with Crippen LogP contribution in [0, 0.1) is 0 Å². The first kappa shape index (κ1) is 11.9. The van der Waals surface area contributed by atoms with Crippen LogP contribution in [-0.2, 0) is 9.53 Å². The van der Waals surface area contributed by atoms with E-state index in [2.05, 4.69) is 28.4 Å². The first-order valence-electron chi connectivity index (χ1n) is 4.06. The third kappa shape index (κ3) is 7.96. The summed E-state index contributed by atoms with van der Waals surface area (Å²) in [6, 6.07) is 0. The minimum Gasteiger partial charge on any atom is -0.359 e. The molecule has 0 aromatic carbocycles. The molecule has 2 unspecified atom stereocenters. The van der Waals surface area contributed by atoms with Gasteiger partial charge in [-0.05, 0) is 18.5 Å². The number of nitrogens with one attached hydrogen (secondary N) is 1. The first-order chi connectivity index (χ1) is 5.45. The van der Waals surface area contributed by atoms with E-state index in [0.717, 1.165) is 6.42 Å². The number of amides is 1. The fourth-order valence-corrected chi connectivity index (χ4v) is 0.761. The number of hydrogen-bond acceptors (Lipinski definition) is 2. The molecule has 3 nitrogen and oxygen atoms in total. The summed E-state index contributed by atoms with van der Waals surface area (Å²) in [4.78, 5) is 9.98. The highest BCUT2D eigenvalue weighted by atomic mass is 31.0. The van der Waals surface area contributed by atoms with Gasteiger partial charge in [0.05, 0.1) is 0 Å². The lowest BCUT2D eigenvalue weighted by atomic mass is 10.1. The third-order valence-electron chi connectivity index (χ3n) is 1.42. The van der Waals surface area contributed by atoms with Gasteiger partial charge >= 0.3 is 0 Å². The van der Waals surface area contributed by atoms with E-state index < -0.39 is 0 Å². The molecule has 12 heavy (non-hydrogen) atoms. The molecule has 0 heterocycles. The maximum absolute atomic E-state index is 9.98. The zero-order valence-electron chi connectivity index (χ0n) is 7.96. The van der Waals surface area contributed by atoms with Crippen LogP contribution < -0.4 is 5.32 Å². The first-order valence-corrected chi connectivity index (χ1v) is 4.63. The van der Waals surface area contributed by atoms with Crippen LogP contribution in [0.3, 0.4) is 0 Å². The molecular weight excluding hydrogens is 173 g/mol. The van der Waals surface area contributed by atoms with Gasteiger partial charge in [0.1, 0.15) is 6.23 Å². The van der Waals surface area contributed by atoms with E-state index in [0.29, 0.717) is 13.0 Å². The van der Waals surface area contributed by atoms with E-state index in [-0.39, 0.29) is 11.4 Å². The zero-order chi connectivity index (χ0) is 9.61. The second kappa shape index (κ2) is 5.50. The molecule has 72 valence electrons. The summed E-state index contributed by atoms with van der Waals surface area (Å²) >= 11 is 0. The maximum Gasteiger partial charge on any atom is 0.209 e. The molecular formula is C8H18NO2P. The molecule has 0 aliphatic rings. The van der Waals surface area contributed by atoms with Gasteiger partial charge in [-0.3, -0.25) is 4.79 Å². The molecule has 0 aromatic heterocycles. The minimum atomic E-state index is -0.185. The van der Waals surface area contributed by atoms with Crippen molar-refractivity contribution in [1.29, 1.82) is 0 Å². The molecule has 0 aliphatic heterocycles. The summed E-state index contributed by atoms with van der Waals surface area (Å²) in [5, 5.41) is 2.73. The van der Waals surface area contributed by atoms with Crippen LogP contribution in [0.4, 0.5) is 0 Å². The predicted molar refractivity (Wildman–Crippen MR) is 53.0 cm³/mol. The summed E-state index contributed by atoms with van der Waals surface area (Å²) in [5.41, 5.74) is 0. The van der Waals surface area contributed by atoms with Crippen molar-refractivity contribution in [1.82, 2.24) is 5.32 Å². The molecule has 2 atom stereocenters. The molecule has 0 radical (unpaired) electrons. The van der Waals surface area contributed by atoms with Crippen LogP contribution in [0.2, 0.25) is 0 Å². The van der Waals surface area contributed by atoms with Crippen molar-refractivity contribution in [2.45, 2.75) is 38.6 Å². The third-order valence-corrected chi connectivity index (χ3v) is 1.71. The molecule has 0 fully saturated rings. The van der Waals surface area contributed by atoms with Gasteiger partial charge in [-0.25, -0.2) is 0 Å². The number of rotatable bonds is 6. The fourth-order valence-electron chi connectivity index (χ4n) is 0.643. The van der Waals surface area contributed by atoms with Gasteiger partial charge in [-0.1, -0.05) is 13.8 Å². The highest BCUT2D eigenvalue weighted by Gasteiger charge is 2.10. The maximum atomic E-state index is 9.98. The van der Waals surface area contributed by atoms with Gasteiger partial charge < -0.3 is 10.1 Å². The standard InChI is InChI=1S/C8H18NO2P/c1-7(9-6-10)11-5-4-8(2,3)12/h6-7H,4-5,12H2,1-3H3,(H,9,10). The lowest BCUT2D eigenvalue weighted by Crippen LogP contribution is -2.28. The van der Waals surface area contributed by atoms with Crippen molar-refractivity contribution in [3.05, 3.63) is 0 Å². The lowest BCUT2D eigenvalue weighted by Gasteiger charge is -2.19. The summed E-state index contributed by atoms with van der Waals surface area (Å²) in [5.74, 6) is 0. The van der Waals surface area contributed by atoms with Crippen molar-refractivity contribution in [2.75, 3.05) is 6.61 Å². The molecule has 0 bridgehead atoms. The van der Waals surface area contributed by atoms with Crippen LogP contribution in [0.1, 0.15) is 27.2 Å². The van der Waals surface area contributed by atoms with Crippen molar-refractivity contribution in [3.8, 4) is 0 Å². The Morgan fingerprint density at radius 2 is 2.25 bits per heavy atom. The lowest BCUT2D eigenvalue weighted by molar-refractivity contribution is -0.113. The predicted octanol–water partition coefficient (Wildman–Crippen LogP) is 1.14. The van der Waals surface area contributed by atoms with Gasteiger partial charge in [-0.15, -0.1) is 9.24 Å². The van der Waals surface area contributed by atoms with E-state index in [1.54, 1.807) is 0 Å². The largest absolute Gasteiger partial charge is 0.359 e. The highest BCUT2D eigenvalue weighted by molar-refractivity contribution is 7.18. The van der Waals surface area contributed by atoms with Gasteiger partial charge in [0.25, 0.3) is 0 Å². The molecule has 0 aromatic rings. The minimum absolute atomic E-state index is 0.185. The summed E-state index contributed by atoms with van der Waals surface area (Å²) in [7, 11) is 2.76. The van der Waals surface area contributed by atoms with Crippen molar-refractivity contribution >= 4 is 15.6 Å². The van der Waals surface area contributed by atoms with Crippen LogP contribution >= 0.6 is 9.24 Å². The van der Waals surface area contributed by atoms with Gasteiger partial charge in [0, 0.05) is 6.61 Å². The molecule has 0 saturated heterocycles. The second-order valence-electron chi connectivity index (χ2n) is 3.54. The number of ether oxygens (including phenoxy) is 1. The van der Waals surface area contributed by atoms with Gasteiger partial charge in [0.15, 0.2) is 0 Å². The Morgan fingerprint density at radius 1 is 1.67 bits per heavy atom. The Balaban J connectivity index is 3.36. The number of carbonyl (C=O) groups excluding carboxylic acids is 1. The monoisotopic (exact) mass is 191 g/mol. The number of hydrogen-bond donors (Lipinski definition) is 1. The van der Waals surface area contributed by atoms with Gasteiger partial charge in [0.2, 0.25) is 6.41 Å². The van der Waals surface area contributed by atoms with Crippen LogP contribution in [0.25, 0.3) is 0 Å². The topological polar surface area (TPSA) is 38.3 Å². The average Bonchev–Trinajstić information content (AvgIpc) is 1.84. The molecule has 0 saturated carbocycles. The molecule has 0 spiro atoms. The average molecular weight is 191 g/mol. The quantitative estimate of drug-likeness (QED) is 0.388. The smallest absolute Gasteiger partial charge is 0.209 e. The second-order valence-corrected chi connectivity index (χ2v) is 5.10. The van der Waals surface area contributed by atoms with Crippen molar-refractivity contribution < 1.29 is 9.53 Å². The van der Waals surface area contributed by atoms with E-state index in [9.17, 15) is 4.79 Å². The van der Waals surface area contributed by atoms with E-state index in [1.165, 1.54) is 0 Å². The fraction of sp³-hybridized carbons (Fsp3) is 0.875. The Hall–Kier alpha value is -0.140. The molecule has 0 rings (SSSR count). The van der Waals surface area contributed by atoms with Crippen molar-refractivity contribution in [3.63, 3.8) is 0 Å². The normalized spacial score (nSPS) is 14.0. The van der Waals surface area contributed by atoms with E-state index in [1.807, 2.05) is 6.92 Å². The Morgan fingerprint density at radius 3 is 2.67 bits per heavy atom.